The van der Waals surface area contributed by atoms with Crippen molar-refractivity contribution in [3.8, 4) is 0 Å². The minimum atomic E-state index is -4.97. The van der Waals surface area contributed by atoms with Crippen LogP contribution in [0.1, 0.15) is 18.1 Å². The highest BCUT2D eigenvalue weighted by atomic mass is 19.4. The molecule has 0 aromatic heterocycles. The Morgan fingerprint density at radius 2 is 1.82 bits per heavy atom. The number of aryl methyl sites for hydroxylation is 1. The number of halogens is 4. The van der Waals surface area contributed by atoms with Crippen LogP contribution in [0.15, 0.2) is 18.2 Å². The van der Waals surface area contributed by atoms with Gasteiger partial charge in [0, 0.05) is 11.6 Å². The molecule has 0 spiro atoms. The maximum atomic E-state index is 13.0. The Hall–Kier alpha value is -1.14. The summed E-state index contributed by atoms with van der Waals surface area (Å²) in [5, 5.41) is 9.78. The van der Waals surface area contributed by atoms with Gasteiger partial charge in [-0.15, -0.1) is 0 Å². The number of aliphatic hydroxyl groups is 1. The molecule has 1 rings (SSSR count). The van der Waals surface area contributed by atoms with Gasteiger partial charge < -0.3 is 10.8 Å². The monoisotopic (exact) mass is 251 g/mol. The summed E-state index contributed by atoms with van der Waals surface area (Å²) in [4.78, 5) is 0. The van der Waals surface area contributed by atoms with Crippen molar-refractivity contribution in [3.05, 3.63) is 35.1 Å². The van der Waals surface area contributed by atoms with Crippen LogP contribution in [0.2, 0.25) is 0 Å². The van der Waals surface area contributed by atoms with Gasteiger partial charge in [-0.25, -0.2) is 4.39 Å². The second-order valence-electron chi connectivity index (χ2n) is 4.01. The van der Waals surface area contributed by atoms with Crippen molar-refractivity contribution in [1.82, 2.24) is 0 Å². The van der Waals surface area contributed by atoms with Gasteiger partial charge in [-0.3, -0.25) is 0 Å². The van der Waals surface area contributed by atoms with Crippen LogP contribution in [0.3, 0.4) is 0 Å². The lowest BCUT2D eigenvalue weighted by Gasteiger charge is -2.35. The first-order chi connectivity index (χ1) is 7.60. The lowest BCUT2D eigenvalue weighted by molar-refractivity contribution is -0.273. The first kappa shape index (κ1) is 13.9. The molecule has 17 heavy (non-hydrogen) atoms. The molecule has 0 amide bonds. The van der Waals surface area contributed by atoms with Gasteiger partial charge >= 0.3 is 6.18 Å². The van der Waals surface area contributed by atoms with Crippen molar-refractivity contribution < 1.29 is 22.7 Å². The van der Waals surface area contributed by atoms with Gasteiger partial charge in [0.05, 0.1) is 0 Å². The molecule has 2 atom stereocenters. The average molecular weight is 251 g/mol. The molecule has 0 fully saturated rings. The molecule has 0 aliphatic carbocycles. The Bertz CT molecular complexity index is 416. The van der Waals surface area contributed by atoms with Gasteiger partial charge in [0.25, 0.3) is 0 Å². The van der Waals surface area contributed by atoms with E-state index in [1.165, 1.54) is 13.0 Å². The molecule has 0 heterocycles. The molecule has 0 radical (unpaired) electrons. The minimum Gasteiger partial charge on any atom is -0.375 e. The van der Waals surface area contributed by atoms with Crippen molar-refractivity contribution in [1.29, 1.82) is 0 Å². The molecule has 1 aromatic rings. The first-order valence-corrected chi connectivity index (χ1v) is 4.92. The normalized spacial score (nSPS) is 17.6. The van der Waals surface area contributed by atoms with Crippen molar-refractivity contribution in [2.75, 3.05) is 0 Å². The average Bonchev–Trinajstić information content (AvgIpc) is 2.18. The molecule has 2 nitrogen and oxygen atoms in total. The number of hydrogen-bond donors (Lipinski definition) is 2. The zero-order chi connectivity index (χ0) is 13.4. The summed E-state index contributed by atoms with van der Waals surface area (Å²) in [6, 6.07) is 1.25. The van der Waals surface area contributed by atoms with E-state index in [1.807, 2.05) is 0 Å². The van der Waals surface area contributed by atoms with E-state index in [0.717, 1.165) is 13.0 Å². The molecule has 0 saturated carbocycles. The first-order valence-electron chi connectivity index (χ1n) is 4.92. The Labute approximate surface area is 96.1 Å². The molecule has 6 heteroatoms. The maximum Gasteiger partial charge on any atom is 0.422 e. The molecule has 2 unspecified atom stereocenters. The number of nitrogens with two attached hydrogens (primary N) is 1. The third-order valence-electron chi connectivity index (χ3n) is 2.70. The van der Waals surface area contributed by atoms with Crippen LogP contribution in [0.5, 0.6) is 0 Å². The fourth-order valence-corrected chi connectivity index (χ4v) is 1.66. The topological polar surface area (TPSA) is 46.2 Å². The molecular formula is C11H13F4NO. The summed E-state index contributed by atoms with van der Waals surface area (Å²) >= 11 is 0. The summed E-state index contributed by atoms with van der Waals surface area (Å²) in [7, 11) is 0. The second-order valence-corrected chi connectivity index (χ2v) is 4.01. The lowest BCUT2D eigenvalue weighted by Crippen LogP contribution is -2.54. The van der Waals surface area contributed by atoms with E-state index in [4.69, 9.17) is 5.73 Å². The van der Waals surface area contributed by atoms with E-state index in [-0.39, 0.29) is 5.56 Å². The fourth-order valence-electron chi connectivity index (χ4n) is 1.66. The van der Waals surface area contributed by atoms with Crippen LogP contribution >= 0.6 is 0 Å². The van der Waals surface area contributed by atoms with Gasteiger partial charge in [0.2, 0.25) is 5.60 Å². The molecule has 96 valence electrons. The molecule has 0 bridgehead atoms. The van der Waals surface area contributed by atoms with E-state index in [9.17, 15) is 22.7 Å². The third-order valence-corrected chi connectivity index (χ3v) is 2.70. The number of alkyl halides is 3. The van der Waals surface area contributed by atoms with Crippen LogP contribution in [0, 0.1) is 12.7 Å². The highest BCUT2D eigenvalue weighted by molar-refractivity contribution is 5.34. The zero-order valence-electron chi connectivity index (χ0n) is 9.35. The molecule has 3 N–H and O–H groups in total. The molecule has 0 aliphatic rings. The summed E-state index contributed by atoms with van der Waals surface area (Å²) in [5.41, 5.74) is 1.54. The fraction of sp³-hybridized carbons (Fsp3) is 0.455. The van der Waals surface area contributed by atoms with Crippen molar-refractivity contribution in [2.24, 2.45) is 5.73 Å². The quantitative estimate of drug-likeness (QED) is 0.792. The molecule has 1 aromatic carbocycles. The summed E-state index contributed by atoms with van der Waals surface area (Å²) in [5.74, 6) is -0.853. The van der Waals surface area contributed by atoms with E-state index in [2.05, 4.69) is 0 Å². The standard InChI is InChI=1S/C11H13F4NO/c1-6-3-4-8(12)5-9(6)10(17,7(2)16)11(13,14)15/h3-5,7,17H,16H2,1-2H3. The Balaban J connectivity index is 3.48. The molecule has 0 aliphatic heterocycles. The van der Waals surface area contributed by atoms with Gasteiger partial charge in [0.1, 0.15) is 5.82 Å². The van der Waals surface area contributed by atoms with Gasteiger partial charge in [0.15, 0.2) is 0 Å². The Morgan fingerprint density at radius 1 is 1.29 bits per heavy atom. The molecule has 0 saturated heterocycles. The van der Waals surface area contributed by atoms with Crippen molar-refractivity contribution in [3.63, 3.8) is 0 Å². The smallest absolute Gasteiger partial charge is 0.375 e. The van der Waals surface area contributed by atoms with Crippen LogP contribution in [0.4, 0.5) is 17.6 Å². The minimum absolute atomic E-state index is 0.128. The van der Waals surface area contributed by atoms with E-state index in [1.54, 1.807) is 0 Å². The van der Waals surface area contributed by atoms with Crippen LogP contribution in [-0.2, 0) is 5.60 Å². The van der Waals surface area contributed by atoms with Crippen molar-refractivity contribution >= 4 is 0 Å². The Morgan fingerprint density at radius 3 is 2.24 bits per heavy atom. The lowest BCUT2D eigenvalue weighted by atomic mass is 9.84. The summed E-state index contributed by atoms with van der Waals surface area (Å²) in [6.07, 6.45) is -4.97. The summed E-state index contributed by atoms with van der Waals surface area (Å²) in [6.45, 7) is 2.38. The SMILES string of the molecule is Cc1ccc(F)cc1C(O)(C(C)N)C(F)(F)F. The Kier molecular flexibility index (Phi) is 3.50. The van der Waals surface area contributed by atoms with Crippen LogP contribution in [0.25, 0.3) is 0 Å². The highest BCUT2D eigenvalue weighted by Gasteiger charge is 2.58. The predicted octanol–water partition coefficient (Wildman–Crippen LogP) is 2.23. The third kappa shape index (κ3) is 2.28. The number of hydrogen-bond acceptors (Lipinski definition) is 2. The molecular weight excluding hydrogens is 238 g/mol. The van der Waals surface area contributed by atoms with Crippen LogP contribution in [-0.4, -0.2) is 17.3 Å². The zero-order valence-corrected chi connectivity index (χ0v) is 9.35. The van der Waals surface area contributed by atoms with Crippen LogP contribution < -0.4 is 5.73 Å². The maximum absolute atomic E-state index is 13.0. The number of benzene rings is 1. The summed E-state index contributed by atoms with van der Waals surface area (Å²) < 4.78 is 51.7. The number of rotatable bonds is 2. The van der Waals surface area contributed by atoms with Crippen molar-refractivity contribution in [2.45, 2.75) is 31.7 Å². The van der Waals surface area contributed by atoms with Gasteiger partial charge in [-0.1, -0.05) is 6.07 Å². The van der Waals surface area contributed by atoms with E-state index in [0.29, 0.717) is 6.07 Å². The predicted molar refractivity (Wildman–Crippen MR) is 54.7 cm³/mol. The van der Waals surface area contributed by atoms with E-state index < -0.39 is 29.2 Å². The second kappa shape index (κ2) is 4.27. The highest BCUT2D eigenvalue weighted by Crippen LogP contribution is 2.42. The van der Waals surface area contributed by atoms with E-state index >= 15 is 0 Å². The largest absolute Gasteiger partial charge is 0.422 e. The van der Waals surface area contributed by atoms with Gasteiger partial charge in [-0.05, 0) is 31.5 Å². The van der Waals surface area contributed by atoms with Gasteiger partial charge in [-0.2, -0.15) is 13.2 Å².